The number of pyridine rings is 1. The van der Waals surface area contributed by atoms with E-state index >= 15 is 0 Å². The molecule has 2 aromatic rings. The molecule has 0 radical (unpaired) electrons. The van der Waals surface area contributed by atoms with Crippen molar-refractivity contribution in [2.24, 2.45) is 5.10 Å². The number of ether oxygens (including phenoxy) is 2. The van der Waals surface area contributed by atoms with Crippen LogP contribution in [0.2, 0.25) is 0 Å². The fourth-order valence-corrected chi connectivity index (χ4v) is 2.29. The Hall–Kier alpha value is -3.22. The first-order valence-corrected chi connectivity index (χ1v) is 8.09. The summed E-state index contributed by atoms with van der Waals surface area (Å²) in [7, 11) is 1.59. The Balaban J connectivity index is 2.14. The lowest BCUT2D eigenvalue weighted by molar-refractivity contribution is 0.0525. The van der Waals surface area contributed by atoms with E-state index in [1.807, 2.05) is 12.1 Å². The highest BCUT2D eigenvalue weighted by molar-refractivity contribution is 5.99. The number of hydrogen-bond acceptors (Lipinski definition) is 6. The average molecular weight is 355 g/mol. The Labute approximate surface area is 152 Å². The first-order valence-electron chi connectivity index (χ1n) is 8.09. The van der Waals surface area contributed by atoms with Gasteiger partial charge in [-0.1, -0.05) is 0 Å². The number of benzene rings is 1. The molecule has 1 aromatic carbocycles. The van der Waals surface area contributed by atoms with Gasteiger partial charge in [-0.3, -0.25) is 9.78 Å². The topological polar surface area (TPSA) is 89.9 Å². The molecular formula is C19H21N3O4. The number of hydrazone groups is 1. The lowest BCUT2D eigenvalue weighted by Gasteiger charge is -2.09. The van der Waals surface area contributed by atoms with Crippen LogP contribution in [-0.4, -0.2) is 36.8 Å². The monoisotopic (exact) mass is 355 g/mol. The highest BCUT2D eigenvalue weighted by atomic mass is 16.5. The van der Waals surface area contributed by atoms with Gasteiger partial charge in [0.05, 0.1) is 42.4 Å². The Bertz CT molecular complexity index is 829. The van der Waals surface area contributed by atoms with Crippen LogP contribution in [0.4, 0.5) is 0 Å². The SMILES string of the molecule is CCOC(=O)c1cc(C(=O)NN=Cc2ccc(OC)cc2)c(C)nc1C. The molecule has 1 aromatic heterocycles. The molecule has 0 spiro atoms. The number of amides is 1. The second-order valence-electron chi connectivity index (χ2n) is 5.45. The normalized spacial score (nSPS) is 10.6. The minimum Gasteiger partial charge on any atom is -0.497 e. The molecule has 26 heavy (non-hydrogen) atoms. The fourth-order valence-electron chi connectivity index (χ4n) is 2.29. The van der Waals surface area contributed by atoms with Crippen molar-refractivity contribution in [1.82, 2.24) is 10.4 Å². The molecule has 136 valence electrons. The van der Waals surface area contributed by atoms with Crippen molar-refractivity contribution in [1.29, 1.82) is 0 Å². The van der Waals surface area contributed by atoms with Crippen LogP contribution < -0.4 is 10.2 Å². The van der Waals surface area contributed by atoms with Gasteiger partial charge in [-0.15, -0.1) is 0 Å². The van der Waals surface area contributed by atoms with Crippen LogP contribution in [0, 0.1) is 13.8 Å². The quantitative estimate of drug-likeness (QED) is 0.489. The molecule has 0 aliphatic rings. The summed E-state index contributed by atoms with van der Waals surface area (Å²) in [4.78, 5) is 28.6. The van der Waals surface area contributed by atoms with Crippen LogP contribution >= 0.6 is 0 Å². The van der Waals surface area contributed by atoms with Gasteiger partial charge in [-0.2, -0.15) is 5.10 Å². The van der Waals surface area contributed by atoms with Crippen LogP contribution in [0.3, 0.4) is 0 Å². The summed E-state index contributed by atoms with van der Waals surface area (Å²) in [6.45, 7) is 5.36. The number of methoxy groups -OCH3 is 1. The maximum Gasteiger partial charge on any atom is 0.339 e. The van der Waals surface area contributed by atoms with E-state index < -0.39 is 11.9 Å². The number of nitrogens with zero attached hydrogens (tertiary/aromatic N) is 2. The van der Waals surface area contributed by atoms with Crippen LogP contribution in [0.15, 0.2) is 35.4 Å². The standard InChI is InChI=1S/C19H21N3O4/c1-5-26-19(24)17-10-16(12(2)21-13(17)3)18(23)22-20-11-14-6-8-15(25-4)9-7-14/h6-11H,5H2,1-4H3,(H,22,23). The molecule has 0 unspecified atom stereocenters. The Morgan fingerprint density at radius 2 is 1.81 bits per heavy atom. The van der Waals surface area contributed by atoms with Gasteiger partial charge in [0.2, 0.25) is 0 Å². The van der Waals surface area contributed by atoms with Crippen LogP contribution in [0.25, 0.3) is 0 Å². The molecular weight excluding hydrogens is 334 g/mol. The van der Waals surface area contributed by atoms with Crippen LogP contribution in [-0.2, 0) is 4.74 Å². The number of carbonyl (C=O) groups is 2. The van der Waals surface area contributed by atoms with Crippen molar-refractivity contribution in [2.75, 3.05) is 13.7 Å². The van der Waals surface area contributed by atoms with E-state index in [2.05, 4.69) is 15.5 Å². The van der Waals surface area contributed by atoms with Gasteiger partial charge < -0.3 is 9.47 Å². The van der Waals surface area contributed by atoms with Crippen molar-refractivity contribution in [3.05, 3.63) is 58.4 Å². The number of rotatable bonds is 6. The molecule has 1 N–H and O–H groups in total. The van der Waals surface area contributed by atoms with E-state index in [0.29, 0.717) is 11.4 Å². The van der Waals surface area contributed by atoms with E-state index in [9.17, 15) is 9.59 Å². The summed E-state index contributed by atoms with van der Waals surface area (Å²) >= 11 is 0. The third-order valence-electron chi connectivity index (χ3n) is 3.64. The van der Waals surface area contributed by atoms with Gasteiger partial charge in [-0.05, 0) is 56.7 Å². The van der Waals surface area contributed by atoms with E-state index in [1.165, 1.54) is 12.3 Å². The molecule has 1 heterocycles. The van der Waals surface area contributed by atoms with Gasteiger partial charge in [-0.25, -0.2) is 10.2 Å². The zero-order valence-electron chi connectivity index (χ0n) is 15.2. The Kier molecular flexibility index (Phi) is 6.43. The van der Waals surface area contributed by atoms with Gasteiger partial charge in [0, 0.05) is 0 Å². The number of carbonyl (C=O) groups excluding carboxylic acids is 2. The number of aromatic nitrogens is 1. The van der Waals surface area contributed by atoms with Crippen molar-refractivity contribution in [3.8, 4) is 5.75 Å². The molecule has 7 nitrogen and oxygen atoms in total. The number of hydrogen-bond donors (Lipinski definition) is 1. The maximum absolute atomic E-state index is 12.4. The van der Waals surface area contributed by atoms with Crippen molar-refractivity contribution < 1.29 is 19.1 Å². The largest absolute Gasteiger partial charge is 0.497 e. The van der Waals surface area contributed by atoms with Crippen molar-refractivity contribution in [3.63, 3.8) is 0 Å². The van der Waals surface area contributed by atoms with E-state index in [4.69, 9.17) is 9.47 Å². The summed E-state index contributed by atoms with van der Waals surface area (Å²) in [5, 5.41) is 3.94. The molecule has 1 amide bonds. The lowest BCUT2D eigenvalue weighted by atomic mass is 10.1. The summed E-state index contributed by atoms with van der Waals surface area (Å²) in [6.07, 6.45) is 1.51. The van der Waals surface area contributed by atoms with Gasteiger partial charge in [0.1, 0.15) is 5.75 Å². The smallest absolute Gasteiger partial charge is 0.339 e. The summed E-state index contributed by atoms with van der Waals surface area (Å²) in [6, 6.07) is 8.69. The summed E-state index contributed by atoms with van der Waals surface area (Å²) < 4.78 is 10.1. The summed E-state index contributed by atoms with van der Waals surface area (Å²) in [5.41, 5.74) is 4.80. The van der Waals surface area contributed by atoms with E-state index in [1.54, 1.807) is 40.0 Å². The highest BCUT2D eigenvalue weighted by Crippen LogP contribution is 2.14. The molecule has 0 saturated carbocycles. The summed E-state index contributed by atoms with van der Waals surface area (Å²) in [5.74, 6) is -0.224. The molecule has 0 atom stereocenters. The van der Waals surface area contributed by atoms with E-state index in [-0.39, 0.29) is 17.7 Å². The number of nitrogens with one attached hydrogen (secondary N) is 1. The van der Waals surface area contributed by atoms with Crippen LogP contribution in [0.5, 0.6) is 5.75 Å². The minimum atomic E-state index is -0.506. The van der Waals surface area contributed by atoms with Gasteiger partial charge >= 0.3 is 5.97 Å². The Morgan fingerprint density at radius 1 is 1.15 bits per heavy atom. The zero-order valence-corrected chi connectivity index (χ0v) is 15.2. The first-order chi connectivity index (χ1) is 12.5. The maximum atomic E-state index is 12.4. The second-order valence-corrected chi connectivity index (χ2v) is 5.45. The third kappa shape index (κ3) is 4.66. The van der Waals surface area contributed by atoms with Crippen molar-refractivity contribution in [2.45, 2.75) is 20.8 Å². The number of esters is 1. The Morgan fingerprint density at radius 3 is 2.42 bits per heavy atom. The molecule has 0 aliphatic carbocycles. The highest BCUT2D eigenvalue weighted by Gasteiger charge is 2.17. The molecule has 0 aliphatic heterocycles. The molecule has 0 fully saturated rings. The predicted octanol–water partition coefficient (Wildman–Crippen LogP) is 2.65. The predicted molar refractivity (Wildman–Crippen MR) is 97.7 cm³/mol. The third-order valence-corrected chi connectivity index (χ3v) is 3.64. The first kappa shape index (κ1) is 19.1. The lowest BCUT2D eigenvalue weighted by Crippen LogP contribution is -2.21. The van der Waals surface area contributed by atoms with E-state index in [0.717, 1.165) is 11.3 Å². The molecule has 0 saturated heterocycles. The van der Waals surface area contributed by atoms with Gasteiger partial charge in [0.25, 0.3) is 5.91 Å². The molecule has 0 bridgehead atoms. The number of aryl methyl sites for hydroxylation is 2. The second kappa shape index (κ2) is 8.75. The zero-order chi connectivity index (χ0) is 19.1. The average Bonchev–Trinajstić information content (AvgIpc) is 2.62. The van der Waals surface area contributed by atoms with Crippen molar-refractivity contribution >= 4 is 18.1 Å². The minimum absolute atomic E-state index is 0.250. The van der Waals surface area contributed by atoms with Crippen LogP contribution in [0.1, 0.15) is 44.6 Å². The molecule has 7 heteroatoms. The van der Waals surface area contributed by atoms with Gasteiger partial charge in [0.15, 0.2) is 0 Å². The fraction of sp³-hybridized carbons (Fsp3) is 0.263. The molecule has 2 rings (SSSR count).